The molecule has 0 saturated carbocycles. The van der Waals surface area contributed by atoms with E-state index in [4.69, 9.17) is 10.5 Å². The van der Waals surface area contributed by atoms with Crippen LogP contribution in [0.2, 0.25) is 0 Å². The van der Waals surface area contributed by atoms with Gasteiger partial charge in [-0.1, -0.05) is 12.1 Å². The van der Waals surface area contributed by atoms with Crippen LogP contribution >= 0.6 is 0 Å². The molecule has 0 fully saturated rings. The number of nitrogens with zero attached hydrogens (tertiary/aromatic N) is 1. The van der Waals surface area contributed by atoms with Crippen molar-refractivity contribution in [2.75, 3.05) is 25.6 Å². The summed E-state index contributed by atoms with van der Waals surface area (Å²) in [5.41, 5.74) is 7.98. The third-order valence-corrected chi connectivity index (χ3v) is 3.29. The third-order valence-electron chi connectivity index (χ3n) is 3.29. The molecule has 2 rings (SSSR count). The van der Waals surface area contributed by atoms with Crippen molar-refractivity contribution in [2.45, 2.75) is 6.42 Å². The summed E-state index contributed by atoms with van der Waals surface area (Å²) < 4.78 is 19.2. The number of nitrogens with two attached hydrogens (primary N) is 1. The quantitative estimate of drug-likeness (QED) is 0.910. The zero-order chi connectivity index (χ0) is 14.5. The van der Waals surface area contributed by atoms with Crippen LogP contribution in [0.15, 0.2) is 42.5 Å². The Labute approximate surface area is 118 Å². The summed E-state index contributed by atoms with van der Waals surface area (Å²) in [6.45, 7) is 0.417. The van der Waals surface area contributed by atoms with Gasteiger partial charge in [-0.15, -0.1) is 0 Å². The smallest absolute Gasteiger partial charge is 0.128 e. The van der Waals surface area contributed by atoms with Gasteiger partial charge in [-0.2, -0.15) is 0 Å². The fourth-order valence-corrected chi connectivity index (χ4v) is 2.21. The monoisotopic (exact) mass is 274 g/mol. The van der Waals surface area contributed by atoms with Crippen LogP contribution in [0.3, 0.4) is 0 Å². The normalized spacial score (nSPS) is 10.4. The third kappa shape index (κ3) is 2.91. The van der Waals surface area contributed by atoms with Crippen molar-refractivity contribution in [2.24, 2.45) is 5.73 Å². The molecule has 0 aliphatic heterocycles. The Morgan fingerprint density at radius 2 is 1.95 bits per heavy atom. The minimum atomic E-state index is -0.220. The summed E-state index contributed by atoms with van der Waals surface area (Å²) in [7, 11) is 3.53. The Morgan fingerprint density at radius 3 is 2.65 bits per heavy atom. The first kappa shape index (κ1) is 14.3. The minimum absolute atomic E-state index is 0.220. The van der Waals surface area contributed by atoms with E-state index in [1.807, 2.05) is 42.3 Å². The Morgan fingerprint density at radius 1 is 1.20 bits per heavy atom. The molecule has 0 amide bonds. The lowest BCUT2D eigenvalue weighted by Crippen LogP contribution is -2.15. The van der Waals surface area contributed by atoms with Gasteiger partial charge in [-0.3, -0.25) is 0 Å². The van der Waals surface area contributed by atoms with Crippen LogP contribution < -0.4 is 15.4 Å². The van der Waals surface area contributed by atoms with Crippen molar-refractivity contribution < 1.29 is 9.13 Å². The van der Waals surface area contributed by atoms with Crippen LogP contribution in [0.5, 0.6) is 5.75 Å². The standard InChI is InChI=1S/C16H19FN2O/c1-19(12-5-3-6-13(11-12)20-2)16-8-4-7-15(17)14(16)9-10-18/h3-8,11H,9-10,18H2,1-2H3. The Hall–Kier alpha value is -2.07. The highest BCUT2D eigenvalue weighted by atomic mass is 19.1. The predicted octanol–water partition coefficient (Wildman–Crippen LogP) is 3.10. The average Bonchev–Trinajstić information content (AvgIpc) is 2.49. The van der Waals surface area contributed by atoms with Crippen LogP contribution in [0.1, 0.15) is 5.56 Å². The van der Waals surface area contributed by atoms with E-state index >= 15 is 0 Å². The van der Waals surface area contributed by atoms with E-state index in [2.05, 4.69) is 0 Å². The van der Waals surface area contributed by atoms with Crippen LogP contribution in [0.25, 0.3) is 0 Å². The molecule has 2 aromatic rings. The Kier molecular flexibility index (Phi) is 4.58. The molecule has 106 valence electrons. The second-order valence-electron chi connectivity index (χ2n) is 4.54. The molecule has 0 spiro atoms. The van der Waals surface area contributed by atoms with Gasteiger partial charge in [0.05, 0.1) is 7.11 Å². The summed E-state index contributed by atoms with van der Waals surface area (Å²) in [6, 6.07) is 12.7. The lowest BCUT2D eigenvalue weighted by atomic mass is 10.1. The van der Waals surface area contributed by atoms with Gasteiger partial charge in [-0.05, 0) is 37.2 Å². The Bertz CT molecular complexity index is 586. The largest absolute Gasteiger partial charge is 0.497 e. The lowest BCUT2D eigenvalue weighted by molar-refractivity contribution is 0.415. The molecule has 4 heteroatoms. The number of hydrogen-bond donors (Lipinski definition) is 1. The van der Waals surface area contributed by atoms with Gasteiger partial charge in [0.1, 0.15) is 11.6 Å². The van der Waals surface area contributed by atoms with E-state index in [9.17, 15) is 4.39 Å². The first-order valence-electron chi connectivity index (χ1n) is 6.52. The fraction of sp³-hybridized carbons (Fsp3) is 0.250. The molecule has 0 aliphatic rings. The van der Waals surface area contributed by atoms with Gasteiger partial charge in [0.2, 0.25) is 0 Å². The number of benzene rings is 2. The number of halogens is 1. The summed E-state index contributed by atoms with van der Waals surface area (Å²) in [6.07, 6.45) is 0.510. The highest BCUT2D eigenvalue weighted by Gasteiger charge is 2.13. The summed E-state index contributed by atoms with van der Waals surface area (Å²) >= 11 is 0. The molecule has 0 saturated heterocycles. The molecule has 0 bridgehead atoms. The number of ether oxygens (including phenoxy) is 1. The second-order valence-corrected chi connectivity index (χ2v) is 4.54. The zero-order valence-electron chi connectivity index (χ0n) is 11.8. The van der Waals surface area contributed by atoms with Crippen molar-refractivity contribution in [3.63, 3.8) is 0 Å². The van der Waals surface area contributed by atoms with Gasteiger partial charge in [0, 0.05) is 30.1 Å². The molecule has 20 heavy (non-hydrogen) atoms. The van der Waals surface area contributed by atoms with Crippen LogP contribution in [0.4, 0.5) is 15.8 Å². The molecule has 2 N–H and O–H groups in total. The highest BCUT2D eigenvalue weighted by molar-refractivity contribution is 5.67. The average molecular weight is 274 g/mol. The van der Waals surface area contributed by atoms with Crippen molar-refractivity contribution >= 4 is 11.4 Å². The molecular weight excluding hydrogens is 255 g/mol. The molecule has 0 heterocycles. The van der Waals surface area contributed by atoms with Crippen LogP contribution in [0, 0.1) is 5.82 Å². The fourth-order valence-electron chi connectivity index (χ4n) is 2.21. The van der Waals surface area contributed by atoms with Crippen molar-refractivity contribution in [3.05, 3.63) is 53.8 Å². The maximum Gasteiger partial charge on any atom is 0.128 e. The maximum atomic E-state index is 14.0. The van der Waals surface area contributed by atoms with Crippen LogP contribution in [-0.2, 0) is 6.42 Å². The van der Waals surface area contributed by atoms with E-state index in [0.717, 1.165) is 17.1 Å². The van der Waals surface area contributed by atoms with E-state index in [1.54, 1.807) is 13.2 Å². The molecule has 0 aromatic heterocycles. The van der Waals surface area contributed by atoms with E-state index < -0.39 is 0 Å². The topological polar surface area (TPSA) is 38.5 Å². The zero-order valence-corrected chi connectivity index (χ0v) is 11.8. The van der Waals surface area contributed by atoms with Gasteiger partial charge in [-0.25, -0.2) is 4.39 Å². The SMILES string of the molecule is COc1cccc(N(C)c2cccc(F)c2CCN)c1. The highest BCUT2D eigenvalue weighted by Crippen LogP contribution is 2.30. The first-order valence-corrected chi connectivity index (χ1v) is 6.52. The minimum Gasteiger partial charge on any atom is -0.497 e. The van der Waals surface area contributed by atoms with Gasteiger partial charge >= 0.3 is 0 Å². The number of methoxy groups -OCH3 is 1. The Balaban J connectivity index is 2.42. The number of anilines is 2. The molecule has 2 aromatic carbocycles. The number of hydrogen-bond acceptors (Lipinski definition) is 3. The van der Waals surface area contributed by atoms with Crippen LogP contribution in [-0.4, -0.2) is 20.7 Å². The van der Waals surface area contributed by atoms with Gasteiger partial charge < -0.3 is 15.4 Å². The molecule has 0 atom stereocenters. The van der Waals surface area contributed by atoms with Crippen molar-refractivity contribution in [3.8, 4) is 5.75 Å². The summed E-state index contributed by atoms with van der Waals surface area (Å²) in [5, 5.41) is 0. The summed E-state index contributed by atoms with van der Waals surface area (Å²) in [4.78, 5) is 1.94. The lowest BCUT2D eigenvalue weighted by Gasteiger charge is -2.23. The maximum absolute atomic E-state index is 14.0. The van der Waals surface area contributed by atoms with Gasteiger partial charge in [0.25, 0.3) is 0 Å². The van der Waals surface area contributed by atoms with Crippen molar-refractivity contribution in [1.82, 2.24) is 0 Å². The first-order chi connectivity index (χ1) is 9.67. The van der Waals surface area contributed by atoms with E-state index in [0.29, 0.717) is 18.5 Å². The molecule has 3 nitrogen and oxygen atoms in total. The van der Waals surface area contributed by atoms with E-state index in [1.165, 1.54) is 6.07 Å². The molecule has 0 unspecified atom stereocenters. The predicted molar refractivity (Wildman–Crippen MR) is 80.2 cm³/mol. The van der Waals surface area contributed by atoms with E-state index in [-0.39, 0.29) is 5.82 Å². The second kappa shape index (κ2) is 6.39. The molecule has 0 radical (unpaired) electrons. The number of rotatable bonds is 5. The van der Waals surface area contributed by atoms with Gasteiger partial charge in [0.15, 0.2) is 0 Å². The molecule has 0 aliphatic carbocycles. The molecular formula is C16H19FN2O. The summed E-state index contributed by atoms with van der Waals surface area (Å²) in [5.74, 6) is 0.550. The van der Waals surface area contributed by atoms with Crippen molar-refractivity contribution in [1.29, 1.82) is 0 Å².